The van der Waals surface area contributed by atoms with Crippen LogP contribution in [0.25, 0.3) is 44.5 Å². The first-order chi connectivity index (χ1) is 45.4. The van der Waals surface area contributed by atoms with Gasteiger partial charge in [0.1, 0.15) is 46.0 Å². The second kappa shape index (κ2) is 39.0. The van der Waals surface area contributed by atoms with Gasteiger partial charge in [0.05, 0.1) is 52.9 Å². The molecule has 0 saturated heterocycles. The zero-order chi connectivity index (χ0) is 66.1. The molecule has 0 bridgehead atoms. The Balaban J connectivity index is 0.000000264. The number of benzene rings is 8. The van der Waals surface area contributed by atoms with E-state index in [1.165, 1.54) is 24.3 Å². The summed E-state index contributed by atoms with van der Waals surface area (Å²) < 4.78 is 78.7. The van der Waals surface area contributed by atoms with Crippen LogP contribution in [0.4, 0.5) is 8.78 Å². The molecule has 8 aromatic rings. The van der Waals surface area contributed by atoms with Crippen molar-refractivity contribution < 1.29 is 51.5 Å². The second-order valence-corrected chi connectivity index (χ2v) is 21.9. The van der Waals surface area contributed by atoms with Crippen molar-refractivity contribution in [2.45, 2.75) is 57.3 Å². The fourth-order valence-electron chi connectivity index (χ4n) is 9.51. The summed E-state index contributed by atoms with van der Waals surface area (Å²) in [5, 5.41) is 0. The molecule has 8 aromatic carbocycles. The van der Waals surface area contributed by atoms with Gasteiger partial charge in [-0.05, 0) is 197 Å². The number of ether oxygens (including phenoxy) is 8. The van der Waals surface area contributed by atoms with Crippen molar-refractivity contribution in [3.05, 3.63) is 192 Å². The third-order valence-corrected chi connectivity index (χ3v) is 14.6. The first kappa shape index (κ1) is 71.8. The Morgan fingerprint density at radius 1 is 0.258 bits per heavy atom. The number of rotatable bonds is 40. The third-order valence-electron chi connectivity index (χ3n) is 14.6. The van der Waals surface area contributed by atoms with Crippen molar-refractivity contribution in [2.75, 3.05) is 105 Å². The molecule has 0 aliphatic rings. The maximum Gasteiger partial charge on any atom is 0.298 e. The smallest absolute Gasteiger partial charge is 0.298 e. The van der Waals surface area contributed by atoms with Crippen molar-refractivity contribution >= 4 is 5.78 Å². The van der Waals surface area contributed by atoms with E-state index >= 15 is 8.78 Å². The Hall–Kier alpha value is -8.63. The topological polar surface area (TPSA) is 299 Å². The fraction of sp³-hybridized carbons (Fsp3) is 0.338. The van der Waals surface area contributed by atoms with Crippen LogP contribution in [-0.4, -0.2) is 111 Å². The summed E-state index contributed by atoms with van der Waals surface area (Å²) in [6.07, 6.45) is 5.85. The Morgan fingerprint density at radius 3 is 0.602 bits per heavy atom. The molecule has 0 atom stereocenters. The second-order valence-electron chi connectivity index (χ2n) is 21.9. The Bertz CT molecular complexity index is 3150. The standard InChI is InChI=1S/C37H46F2N4O4.C37H46N4O5/c38-37(39,31-9-5-27(6-10-31)29-21-33(44-17-1-13-40)25-34(22-29)45-18-2-14-41)32-11-7-28(8-12-32)30-23-35(46-19-3-15-42)26-36(24-30)47-20-4-16-43;38-13-1-17-43-33-21-31(22-34(25-33)44-18-2-14-39)27-5-9-29(10-6-27)37(42)30-11-7-28(8-12-30)32-23-35(45-19-3-15-40)26-36(24-32)46-20-4-16-41/h5-12,21-26H,1-4,13-20,40-43H2;5-12,21-26H,1-4,13-20,38-41H2. The number of halogens is 2. The Kier molecular flexibility index (Phi) is 30.1. The lowest BCUT2D eigenvalue weighted by Crippen LogP contribution is -2.15. The van der Waals surface area contributed by atoms with E-state index in [0.717, 1.165) is 70.2 Å². The van der Waals surface area contributed by atoms with Crippen molar-refractivity contribution in [3.8, 4) is 90.5 Å². The molecule has 19 heteroatoms. The lowest BCUT2D eigenvalue weighted by molar-refractivity contribution is 0.0428. The predicted molar refractivity (Wildman–Crippen MR) is 367 cm³/mol. The molecule has 0 spiro atoms. The van der Waals surface area contributed by atoms with Crippen LogP contribution < -0.4 is 83.8 Å². The zero-order valence-electron chi connectivity index (χ0n) is 53.2. The van der Waals surface area contributed by atoms with Gasteiger partial charge >= 0.3 is 0 Å². The number of hydrogen-bond acceptors (Lipinski definition) is 17. The molecule has 17 nitrogen and oxygen atoms in total. The van der Waals surface area contributed by atoms with Crippen LogP contribution in [0.15, 0.2) is 170 Å². The van der Waals surface area contributed by atoms with E-state index in [1.54, 1.807) is 24.3 Å². The average Bonchev–Trinajstić information content (AvgIpc) is 0.840. The predicted octanol–water partition coefficient (Wildman–Crippen LogP) is 11.2. The highest BCUT2D eigenvalue weighted by Gasteiger charge is 2.34. The largest absolute Gasteiger partial charge is 0.493 e. The van der Waals surface area contributed by atoms with Crippen LogP contribution in [0.3, 0.4) is 0 Å². The van der Waals surface area contributed by atoms with E-state index in [-0.39, 0.29) is 16.9 Å². The van der Waals surface area contributed by atoms with Gasteiger partial charge in [-0.2, -0.15) is 8.78 Å². The van der Waals surface area contributed by atoms with E-state index in [0.29, 0.717) is 188 Å². The van der Waals surface area contributed by atoms with Crippen molar-refractivity contribution in [2.24, 2.45) is 45.9 Å². The fourth-order valence-corrected chi connectivity index (χ4v) is 9.51. The summed E-state index contributed by atoms with van der Waals surface area (Å²) in [6, 6.07) is 50.4. The van der Waals surface area contributed by atoms with E-state index in [1.807, 2.05) is 121 Å². The molecule has 93 heavy (non-hydrogen) atoms. The molecule has 0 saturated carbocycles. The summed E-state index contributed by atoms with van der Waals surface area (Å²) in [7, 11) is 0. The minimum absolute atomic E-state index is 0.0625. The van der Waals surface area contributed by atoms with Gasteiger partial charge < -0.3 is 83.8 Å². The first-order valence-electron chi connectivity index (χ1n) is 32.0. The molecule has 0 radical (unpaired) electrons. The van der Waals surface area contributed by atoms with Gasteiger partial charge in [-0.25, -0.2) is 0 Å². The van der Waals surface area contributed by atoms with Crippen LogP contribution in [0.1, 0.15) is 78.4 Å². The zero-order valence-corrected chi connectivity index (χ0v) is 53.2. The van der Waals surface area contributed by atoms with Gasteiger partial charge in [-0.1, -0.05) is 97.1 Å². The van der Waals surface area contributed by atoms with Crippen LogP contribution in [0.5, 0.6) is 46.0 Å². The summed E-state index contributed by atoms with van der Waals surface area (Å²) in [5.74, 6) is 2.02. The highest BCUT2D eigenvalue weighted by Crippen LogP contribution is 2.40. The summed E-state index contributed by atoms with van der Waals surface area (Å²) in [4.78, 5) is 13.4. The third kappa shape index (κ3) is 22.9. The number of carbonyl (C=O) groups is 1. The van der Waals surface area contributed by atoms with Crippen LogP contribution in [-0.2, 0) is 5.92 Å². The van der Waals surface area contributed by atoms with E-state index < -0.39 is 5.92 Å². The normalized spacial score (nSPS) is 11.1. The molecule has 16 N–H and O–H groups in total. The maximum atomic E-state index is 15.8. The SMILES string of the molecule is NCCCOc1cc(OCCCN)cc(-c2ccc(C(=O)c3ccc(-c4cc(OCCCN)cc(OCCCN)c4)cc3)cc2)c1.NCCCOc1cc(OCCCN)cc(-c2ccc(C(F)(F)c3ccc(-c4cc(OCCCN)cc(OCCCN)c4)cc3)cc2)c1. The minimum Gasteiger partial charge on any atom is -0.493 e. The van der Waals surface area contributed by atoms with Crippen molar-refractivity contribution in [3.63, 3.8) is 0 Å². The summed E-state index contributed by atoms with van der Waals surface area (Å²) >= 11 is 0. The summed E-state index contributed by atoms with van der Waals surface area (Å²) in [6.45, 7) is 8.22. The van der Waals surface area contributed by atoms with Gasteiger partial charge in [0.15, 0.2) is 5.78 Å². The van der Waals surface area contributed by atoms with E-state index in [4.69, 9.17) is 83.8 Å². The molecule has 496 valence electrons. The quantitative estimate of drug-likeness (QED) is 0.0131. The molecule has 0 unspecified atom stereocenters. The number of ketones is 1. The van der Waals surface area contributed by atoms with E-state index in [9.17, 15) is 4.79 Å². The van der Waals surface area contributed by atoms with Gasteiger partial charge in [0.2, 0.25) is 0 Å². The number of nitrogens with two attached hydrogens (primary N) is 8. The molecule has 8 rings (SSSR count). The molecule has 0 fully saturated rings. The molecule has 0 aliphatic carbocycles. The summed E-state index contributed by atoms with van der Waals surface area (Å²) in [5.41, 5.74) is 52.7. The van der Waals surface area contributed by atoms with Gasteiger partial charge in [-0.3, -0.25) is 4.79 Å². The first-order valence-corrected chi connectivity index (χ1v) is 32.0. The highest BCUT2D eigenvalue weighted by molar-refractivity contribution is 6.09. The minimum atomic E-state index is -3.22. The van der Waals surface area contributed by atoms with Crippen LogP contribution >= 0.6 is 0 Å². The molecule has 0 aromatic heterocycles. The number of carbonyl (C=O) groups excluding carboxylic acids is 1. The lowest BCUT2D eigenvalue weighted by Gasteiger charge is -2.19. The monoisotopic (exact) mass is 1270 g/mol. The van der Waals surface area contributed by atoms with Gasteiger partial charge in [0, 0.05) is 46.5 Å². The Labute approximate surface area is 545 Å². The van der Waals surface area contributed by atoms with Gasteiger partial charge in [-0.15, -0.1) is 0 Å². The van der Waals surface area contributed by atoms with Crippen molar-refractivity contribution in [1.29, 1.82) is 0 Å². The maximum absolute atomic E-state index is 15.8. The van der Waals surface area contributed by atoms with Gasteiger partial charge in [0.25, 0.3) is 5.92 Å². The average molecular weight is 1280 g/mol. The molecule has 0 amide bonds. The molecular formula is C74H92F2N8O9. The highest BCUT2D eigenvalue weighted by atomic mass is 19.3. The lowest BCUT2D eigenvalue weighted by atomic mass is 9.95. The van der Waals surface area contributed by atoms with Crippen molar-refractivity contribution in [1.82, 2.24) is 0 Å². The van der Waals surface area contributed by atoms with Crippen LogP contribution in [0, 0.1) is 0 Å². The molecular weight excluding hydrogens is 1180 g/mol. The Morgan fingerprint density at radius 2 is 0.430 bits per heavy atom. The molecule has 0 aliphatic heterocycles. The molecule has 0 heterocycles. The number of alkyl halides is 2. The van der Waals surface area contributed by atoms with E-state index in [2.05, 4.69) is 0 Å². The van der Waals surface area contributed by atoms with Crippen LogP contribution in [0.2, 0.25) is 0 Å². The number of hydrogen-bond donors (Lipinski definition) is 8.